The highest BCUT2D eigenvalue weighted by Gasteiger charge is 2.25. The van der Waals surface area contributed by atoms with Crippen molar-refractivity contribution in [2.45, 2.75) is 6.42 Å². The van der Waals surface area contributed by atoms with E-state index < -0.39 is 5.82 Å². The summed E-state index contributed by atoms with van der Waals surface area (Å²) in [6.45, 7) is 7.43. The van der Waals surface area contributed by atoms with E-state index in [2.05, 4.69) is 9.83 Å². The highest BCUT2D eigenvalue weighted by atomic mass is 19.1. The van der Waals surface area contributed by atoms with Gasteiger partial charge in [0.1, 0.15) is 17.3 Å². The van der Waals surface area contributed by atoms with Gasteiger partial charge in [0.25, 0.3) is 5.69 Å². The Morgan fingerprint density at radius 3 is 3.05 bits per heavy atom. The van der Waals surface area contributed by atoms with E-state index in [1.807, 2.05) is 0 Å². The fourth-order valence-electron chi connectivity index (χ4n) is 2.00. The van der Waals surface area contributed by atoms with Gasteiger partial charge >= 0.3 is 0 Å². The van der Waals surface area contributed by atoms with Gasteiger partial charge in [-0.25, -0.2) is 14.2 Å². The minimum atomic E-state index is -0.637. The van der Waals surface area contributed by atoms with E-state index in [1.165, 1.54) is 6.07 Å². The van der Waals surface area contributed by atoms with Gasteiger partial charge in [0.15, 0.2) is 0 Å². The van der Waals surface area contributed by atoms with E-state index in [0.29, 0.717) is 30.4 Å². The first-order valence-corrected chi connectivity index (χ1v) is 5.74. The van der Waals surface area contributed by atoms with Gasteiger partial charge in [-0.05, 0) is 6.07 Å². The topological polar surface area (TPSA) is 35.7 Å². The van der Waals surface area contributed by atoms with Crippen LogP contribution in [0.5, 0.6) is 17.4 Å². The van der Waals surface area contributed by atoms with Gasteiger partial charge in [-0.15, -0.1) is 0 Å². The Bertz CT molecular complexity index is 665. The van der Waals surface area contributed by atoms with E-state index in [-0.39, 0.29) is 5.69 Å². The molecule has 1 aliphatic rings. The van der Waals surface area contributed by atoms with E-state index in [0.717, 1.165) is 5.56 Å². The summed E-state index contributed by atoms with van der Waals surface area (Å²) >= 11 is 0. The predicted molar refractivity (Wildman–Crippen MR) is 66.2 cm³/mol. The van der Waals surface area contributed by atoms with Crippen molar-refractivity contribution in [2.75, 3.05) is 6.61 Å². The van der Waals surface area contributed by atoms with Crippen molar-refractivity contribution < 1.29 is 13.9 Å². The predicted octanol–water partition coefficient (Wildman–Crippen LogP) is 3.50. The number of ether oxygens (including phenoxy) is 2. The number of hydrogen-bond donors (Lipinski definition) is 0. The molecular formula is C14H9FN2O2. The van der Waals surface area contributed by atoms with Crippen molar-refractivity contribution in [2.24, 2.45) is 0 Å². The molecule has 1 aromatic carbocycles. The van der Waals surface area contributed by atoms with Gasteiger partial charge in [0, 0.05) is 30.3 Å². The summed E-state index contributed by atoms with van der Waals surface area (Å²) in [6.07, 6.45) is 2.19. The maximum absolute atomic E-state index is 13.8. The van der Waals surface area contributed by atoms with E-state index in [9.17, 15) is 4.39 Å². The molecule has 0 bridgehead atoms. The van der Waals surface area contributed by atoms with Crippen LogP contribution in [0.3, 0.4) is 0 Å². The summed E-state index contributed by atoms with van der Waals surface area (Å²) < 4.78 is 24.7. The van der Waals surface area contributed by atoms with Crippen LogP contribution in [0.1, 0.15) is 5.56 Å². The highest BCUT2D eigenvalue weighted by Crippen LogP contribution is 2.44. The fraction of sp³-hybridized carbons (Fsp3) is 0.143. The number of rotatable bonds is 2. The first-order valence-electron chi connectivity index (χ1n) is 5.74. The minimum Gasteiger partial charge on any atom is -0.504 e. The molecule has 1 aromatic heterocycles. The first kappa shape index (κ1) is 11.5. The third-order valence-electron chi connectivity index (χ3n) is 2.83. The van der Waals surface area contributed by atoms with Crippen molar-refractivity contribution in [3.63, 3.8) is 0 Å². The summed E-state index contributed by atoms with van der Waals surface area (Å²) in [6, 6.07) is 6.45. The number of nitrogens with zero attached hydrogens (tertiary/aromatic N) is 2. The Kier molecular flexibility index (Phi) is 2.76. The van der Waals surface area contributed by atoms with Crippen molar-refractivity contribution in [1.29, 1.82) is 0 Å². The lowest BCUT2D eigenvalue weighted by molar-refractivity contribution is 0.357. The second kappa shape index (κ2) is 4.58. The molecular weight excluding hydrogens is 247 g/mol. The SMILES string of the molecule is [C-]#[N+]c1c(F)cc(Oc2ccccn2)c2c1OCC2. The van der Waals surface area contributed by atoms with Crippen LogP contribution in [0.4, 0.5) is 10.1 Å². The van der Waals surface area contributed by atoms with Crippen LogP contribution in [-0.2, 0) is 6.42 Å². The maximum atomic E-state index is 13.8. The number of pyridine rings is 1. The Balaban J connectivity index is 2.06. The van der Waals surface area contributed by atoms with Gasteiger partial charge in [-0.3, -0.25) is 0 Å². The van der Waals surface area contributed by atoms with Crippen LogP contribution < -0.4 is 9.47 Å². The largest absolute Gasteiger partial charge is 0.504 e. The molecule has 5 heteroatoms. The lowest BCUT2D eigenvalue weighted by Crippen LogP contribution is -1.92. The molecule has 0 fully saturated rings. The Labute approximate surface area is 109 Å². The maximum Gasteiger partial charge on any atom is 0.263 e. The number of hydrogen-bond acceptors (Lipinski definition) is 3. The second-order valence-electron chi connectivity index (χ2n) is 3.99. The van der Waals surface area contributed by atoms with Gasteiger partial charge in [0.2, 0.25) is 5.88 Å². The van der Waals surface area contributed by atoms with Crippen LogP contribution in [0.15, 0.2) is 30.5 Å². The minimum absolute atomic E-state index is 0.0825. The molecule has 0 atom stereocenters. The third kappa shape index (κ3) is 1.97. The summed E-state index contributed by atoms with van der Waals surface area (Å²) in [5, 5.41) is 0. The number of benzene rings is 1. The van der Waals surface area contributed by atoms with E-state index >= 15 is 0 Å². The van der Waals surface area contributed by atoms with E-state index in [1.54, 1.807) is 24.4 Å². The lowest BCUT2D eigenvalue weighted by atomic mass is 10.1. The monoisotopic (exact) mass is 256 g/mol. The highest BCUT2D eigenvalue weighted by molar-refractivity contribution is 5.67. The van der Waals surface area contributed by atoms with E-state index in [4.69, 9.17) is 16.0 Å². The van der Waals surface area contributed by atoms with Crippen LogP contribution >= 0.6 is 0 Å². The molecule has 0 amide bonds. The molecule has 1 aliphatic heterocycles. The zero-order chi connectivity index (χ0) is 13.2. The summed E-state index contributed by atoms with van der Waals surface area (Å²) in [5.41, 5.74) is 0.638. The molecule has 3 rings (SSSR count). The van der Waals surface area contributed by atoms with Crippen LogP contribution in [0, 0.1) is 12.4 Å². The average Bonchev–Trinajstić information content (AvgIpc) is 2.89. The van der Waals surface area contributed by atoms with Gasteiger partial charge < -0.3 is 9.47 Å². The van der Waals surface area contributed by atoms with Crippen molar-refractivity contribution in [3.8, 4) is 17.4 Å². The quantitative estimate of drug-likeness (QED) is 0.771. The van der Waals surface area contributed by atoms with Crippen LogP contribution in [-0.4, -0.2) is 11.6 Å². The number of fused-ring (bicyclic) bond motifs is 1. The average molecular weight is 256 g/mol. The summed E-state index contributed by atoms with van der Waals surface area (Å²) in [5.74, 6) is 0.394. The molecule has 0 unspecified atom stereocenters. The second-order valence-corrected chi connectivity index (χ2v) is 3.99. The normalized spacial score (nSPS) is 12.4. The molecule has 19 heavy (non-hydrogen) atoms. The smallest absolute Gasteiger partial charge is 0.263 e. The summed E-state index contributed by atoms with van der Waals surface area (Å²) in [4.78, 5) is 7.19. The Hall–Kier alpha value is -2.61. The number of halogens is 1. The van der Waals surface area contributed by atoms with Crippen molar-refractivity contribution >= 4 is 5.69 Å². The third-order valence-corrected chi connectivity index (χ3v) is 2.83. The standard InChI is InChI=1S/C14H9FN2O2/c1-16-13-10(15)8-11(9-5-7-18-14(9)13)19-12-4-2-3-6-17-12/h2-4,6,8H,5,7H2. The summed E-state index contributed by atoms with van der Waals surface area (Å²) in [7, 11) is 0. The lowest BCUT2D eigenvalue weighted by Gasteiger charge is -2.10. The first-order chi connectivity index (χ1) is 9.29. The fourth-order valence-corrected chi connectivity index (χ4v) is 2.00. The Morgan fingerprint density at radius 1 is 1.42 bits per heavy atom. The molecule has 0 aliphatic carbocycles. The molecule has 0 N–H and O–H groups in total. The molecule has 4 nitrogen and oxygen atoms in total. The van der Waals surface area contributed by atoms with Crippen LogP contribution in [0.25, 0.3) is 4.85 Å². The van der Waals surface area contributed by atoms with Gasteiger partial charge in [-0.2, -0.15) is 0 Å². The number of aromatic nitrogens is 1. The molecule has 0 spiro atoms. The van der Waals surface area contributed by atoms with Crippen molar-refractivity contribution in [1.82, 2.24) is 4.98 Å². The van der Waals surface area contributed by atoms with Gasteiger partial charge in [0.05, 0.1) is 13.2 Å². The zero-order valence-electron chi connectivity index (χ0n) is 9.89. The van der Waals surface area contributed by atoms with Crippen molar-refractivity contribution in [3.05, 3.63) is 53.3 Å². The zero-order valence-corrected chi connectivity index (χ0v) is 9.89. The Morgan fingerprint density at radius 2 is 2.32 bits per heavy atom. The molecule has 2 aromatic rings. The molecule has 0 saturated heterocycles. The molecule has 0 radical (unpaired) electrons. The van der Waals surface area contributed by atoms with Crippen LogP contribution in [0.2, 0.25) is 0 Å². The molecule has 0 saturated carbocycles. The molecule has 2 heterocycles. The van der Waals surface area contributed by atoms with Gasteiger partial charge in [-0.1, -0.05) is 6.07 Å². The molecule has 94 valence electrons.